The Morgan fingerprint density at radius 2 is 1.75 bits per heavy atom. The van der Waals surface area contributed by atoms with Crippen molar-refractivity contribution in [3.05, 3.63) is 41.0 Å². The van der Waals surface area contributed by atoms with Crippen molar-refractivity contribution >= 4 is 18.0 Å². The zero-order valence-corrected chi connectivity index (χ0v) is 19.9. The molecule has 28 heavy (non-hydrogen) atoms. The molecular weight excluding hydrogens is 362 g/mol. The maximum absolute atomic E-state index is 2.62. The van der Waals surface area contributed by atoms with Crippen LogP contribution in [0.15, 0.2) is 24.3 Å². The summed E-state index contributed by atoms with van der Waals surface area (Å²) in [7, 11) is 0. The van der Waals surface area contributed by atoms with Crippen LogP contribution in [0.2, 0.25) is 0 Å². The van der Waals surface area contributed by atoms with Gasteiger partial charge in [0.2, 0.25) is 0 Å². The Labute approximate surface area is 180 Å². The van der Waals surface area contributed by atoms with E-state index in [1.165, 1.54) is 57.2 Å². The van der Waals surface area contributed by atoms with E-state index < -0.39 is 0 Å². The van der Waals surface area contributed by atoms with E-state index >= 15 is 0 Å². The van der Waals surface area contributed by atoms with Crippen molar-refractivity contribution in [1.82, 2.24) is 4.90 Å². The molecule has 1 fully saturated rings. The summed E-state index contributed by atoms with van der Waals surface area (Å²) >= 11 is 0. The smallest absolute Gasteiger partial charge is 0.0169 e. The number of halogens is 1. The van der Waals surface area contributed by atoms with Gasteiger partial charge in [-0.3, -0.25) is 4.90 Å². The number of aryl methyl sites for hydroxylation is 1. The molecule has 0 saturated heterocycles. The average molecular weight is 404 g/mol. The van der Waals surface area contributed by atoms with Crippen molar-refractivity contribution in [1.29, 1.82) is 0 Å². The van der Waals surface area contributed by atoms with Crippen LogP contribution in [0, 0.1) is 17.8 Å². The Bertz CT molecular complexity index is 670. The van der Waals surface area contributed by atoms with E-state index in [1.54, 1.807) is 16.7 Å². The first-order valence-corrected chi connectivity index (χ1v) is 11.2. The molecule has 3 rings (SSSR count). The van der Waals surface area contributed by atoms with Gasteiger partial charge in [-0.2, -0.15) is 0 Å². The Hall–Kier alpha value is -0.790. The lowest BCUT2D eigenvalue weighted by molar-refractivity contribution is 0.0968. The minimum atomic E-state index is 0. The van der Waals surface area contributed by atoms with E-state index in [4.69, 9.17) is 0 Å². The van der Waals surface area contributed by atoms with E-state index in [9.17, 15) is 0 Å². The fourth-order valence-corrected chi connectivity index (χ4v) is 5.92. The summed E-state index contributed by atoms with van der Waals surface area (Å²) in [6.45, 7) is 18.1. The molecular formula is C26H42ClN. The van der Waals surface area contributed by atoms with Gasteiger partial charge in [-0.15, -0.1) is 12.4 Å². The van der Waals surface area contributed by atoms with Gasteiger partial charge < -0.3 is 0 Å². The van der Waals surface area contributed by atoms with Crippen LogP contribution >= 0.6 is 12.4 Å². The molecule has 0 unspecified atom stereocenters. The van der Waals surface area contributed by atoms with Gasteiger partial charge in [-0.1, -0.05) is 70.9 Å². The Kier molecular flexibility index (Phi) is 7.84. The van der Waals surface area contributed by atoms with Crippen molar-refractivity contribution < 1.29 is 0 Å². The fraction of sp³-hybridized carbons (Fsp3) is 0.692. The summed E-state index contributed by atoms with van der Waals surface area (Å²) in [4.78, 5) is 2.62. The van der Waals surface area contributed by atoms with E-state index in [1.807, 2.05) is 0 Å². The van der Waals surface area contributed by atoms with Gasteiger partial charge in [-0.05, 0) is 79.0 Å². The van der Waals surface area contributed by atoms with Crippen LogP contribution in [0.1, 0.15) is 95.8 Å². The number of hydrogen-bond donors (Lipinski definition) is 0. The summed E-state index contributed by atoms with van der Waals surface area (Å²) in [6.07, 6.45) is 10.3. The van der Waals surface area contributed by atoms with Crippen molar-refractivity contribution in [3.63, 3.8) is 0 Å². The molecule has 0 aromatic heterocycles. The summed E-state index contributed by atoms with van der Waals surface area (Å²) < 4.78 is 0. The van der Waals surface area contributed by atoms with Gasteiger partial charge in [0.05, 0.1) is 0 Å². The number of rotatable bonds is 5. The molecule has 0 amide bonds. The Morgan fingerprint density at radius 3 is 2.32 bits per heavy atom. The second kappa shape index (κ2) is 9.35. The number of hydrogen-bond acceptors (Lipinski definition) is 1. The maximum atomic E-state index is 2.62. The summed E-state index contributed by atoms with van der Waals surface area (Å²) in [5.74, 6) is 0.692. The molecule has 0 atom stereocenters. The van der Waals surface area contributed by atoms with E-state index in [2.05, 4.69) is 70.7 Å². The van der Waals surface area contributed by atoms with Crippen molar-refractivity contribution in [2.24, 2.45) is 10.8 Å². The van der Waals surface area contributed by atoms with Gasteiger partial charge in [-0.25, -0.2) is 0 Å². The Morgan fingerprint density at radius 1 is 1.07 bits per heavy atom. The third kappa shape index (κ3) is 5.86. The molecule has 1 saturated carbocycles. The highest BCUT2D eigenvalue weighted by molar-refractivity contribution is 5.85. The van der Waals surface area contributed by atoms with Gasteiger partial charge in [0.25, 0.3) is 0 Å². The third-order valence-electron chi connectivity index (χ3n) is 6.67. The van der Waals surface area contributed by atoms with Crippen molar-refractivity contribution in [2.75, 3.05) is 19.6 Å². The zero-order chi connectivity index (χ0) is 19.7. The molecule has 0 spiro atoms. The van der Waals surface area contributed by atoms with Gasteiger partial charge in [0.15, 0.2) is 0 Å². The number of unbranched alkanes of at least 4 members (excludes halogenated alkanes) is 1. The minimum Gasteiger partial charge on any atom is -0.299 e. The predicted molar refractivity (Wildman–Crippen MR) is 127 cm³/mol. The SMILES string of the molecule is CCCCN1CC=C(c2ccc(C)cc2C2CC(C)(C)CC(C)(C)C2)CC1.Cl. The van der Waals surface area contributed by atoms with Crippen molar-refractivity contribution in [2.45, 2.75) is 86.0 Å². The summed E-state index contributed by atoms with van der Waals surface area (Å²) in [5.41, 5.74) is 7.06. The van der Waals surface area contributed by atoms with Gasteiger partial charge in [0.1, 0.15) is 0 Å². The zero-order valence-electron chi connectivity index (χ0n) is 19.1. The molecule has 1 aliphatic heterocycles. The third-order valence-corrected chi connectivity index (χ3v) is 6.67. The predicted octanol–water partition coefficient (Wildman–Crippen LogP) is 7.63. The minimum absolute atomic E-state index is 0. The standard InChI is InChI=1S/C26H41N.ClH/c1-7-8-13-27-14-11-21(12-15-27)23-10-9-20(2)16-24(23)22-17-25(3,4)19-26(5,6)18-22;/h9-11,16,22H,7-8,12-15,17-19H2,1-6H3;1H. The molecule has 1 aromatic carbocycles. The lowest BCUT2D eigenvalue weighted by Crippen LogP contribution is -2.33. The van der Waals surface area contributed by atoms with Crippen LogP contribution in [0.5, 0.6) is 0 Å². The van der Waals surface area contributed by atoms with Gasteiger partial charge in [0, 0.05) is 13.1 Å². The molecule has 1 nitrogen and oxygen atoms in total. The van der Waals surface area contributed by atoms with Crippen LogP contribution in [0.3, 0.4) is 0 Å². The highest BCUT2D eigenvalue weighted by Crippen LogP contribution is 2.52. The van der Waals surface area contributed by atoms with Gasteiger partial charge >= 0.3 is 0 Å². The quantitative estimate of drug-likeness (QED) is 0.488. The molecule has 1 heterocycles. The van der Waals surface area contributed by atoms with Crippen LogP contribution in [0.25, 0.3) is 5.57 Å². The summed E-state index contributed by atoms with van der Waals surface area (Å²) in [6, 6.07) is 7.25. The monoisotopic (exact) mass is 403 g/mol. The Balaban J connectivity index is 0.00000280. The number of benzene rings is 1. The van der Waals surface area contributed by atoms with E-state index in [0.717, 1.165) is 6.54 Å². The lowest BCUT2D eigenvalue weighted by Gasteiger charge is -2.46. The molecule has 1 aromatic rings. The van der Waals surface area contributed by atoms with Crippen molar-refractivity contribution in [3.8, 4) is 0 Å². The maximum Gasteiger partial charge on any atom is 0.0169 e. The molecule has 2 heteroatoms. The second-order valence-corrected chi connectivity index (χ2v) is 10.8. The van der Waals surface area contributed by atoms with E-state index in [-0.39, 0.29) is 12.4 Å². The molecule has 2 aliphatic rings. The highest BCUT2D eigenvalue weighted by Gasteiger charge is 2.39. The molecule has 0 bridgehead atoms. The first kappa shape index (κ1) is 23.5. The second-order valence-electron chi connectivity index (χ2n) is 10.8. The molecule has 0 N–H and O–H groups in total. The van der Waals surface area contributed by atoms with Crippen LogP contribution < -0.4 is 0 Å². The molecule has 158 valence electrons. The number of nitrogens with zero attached hydrogens (tertiary/aromatic N) is 1. The topological polar surface area (TPSA) is 3.24 Å². The fourth-order valence-electron chi connectivity index (χ4n) is 5.92. The van der Waals surface area contributed by atoms with Crippen LogP contribution in [-0.2, 0) is 0 Å². The lowest BCUT2D eigenvalue weighted by atomic mass is 9.59. The van der Waals surface area contributed by atoms with E-state index in [0.29, 0.717) is 16.7 Å². The largest absolute Gasteiger partial charge is 0.299 e. The first-order valence-electron chi connectivity index (χ1n) is 11.2. The first-order chi connectivity index (χ1) is 12.7. The average Bonchev–Trinajstić information content (AvgIpc) is 2.58. The van der Waals surface area contributed by atoms with Crippen LogP contribution in [-0.4, -0.2) is 24.5 Å². The van der Waals surface area contributed by atoms with Crippen LogP contribution in [0.4, 0.5) is 0 Å². The molecule has 1 aliphatic carbocycles. The highest BCUT2D eigenvalue weighted by atomic mass is 35.5. The normalized spacial score (nSPS) is 22.4. The molecule has 0 radical (unpaired) electrons. The summed E-state index contributed by atoms with van der Waals surface area (Å²) in [5, 5.41) is 0.